The summed E-state index contributed by atoms with van der Waals surface area (Å²) < 4.78 is 23.1. The quantitative estimate of drug-likeness (QED) is 0.215. The topological polar surface area (TPSA) is 57.2 Å². The molecule has 0 atom stereocenters. The van der Waals surface area contributed by atoms with Gasteiger partial charge in [-0.2, -0.15) is 0 Å². The predicted molar refractivity (Wildman–Crippen MR) is 141 cm³/mol. The molecular weight excluding hydrogens is 494 g/mol. The summed E-state index contributed by atoms with van der Waals surface area (Å²) in [7, 11) is 1.54. The number of methoxy groups -OCH3 is 1. The van der Waals surface area contributed by atoms with Gasteiger partial charge >= 0.3 is 0 Å². The third-order valence-electron chi connectivity index (χ3n) is 5.19. The second kappa shape index (κ2) is 12.4. The van der Waals surface area contributed by atoms with E-state index in [9.17, 15) is 4.79 Å². The second-order valence-electron chi connectivity index (χ2n) is 7.52. The highest BCUT2D eigenvalue weighted by Crippen LogP contribution is 2.39. The highest BCUT2D eigenvalue weighted by atomic mass is 35.5. The van der Waals surface area contributed by atoms with E-state index in [2.05, 4.69) is 13.8 Å². The van der Waals surface area contributed by atoms with Crippen LogP contribution < -0.4 is 14.2 Å². The number of hydrogen-bond acceptors (Lipinski definition) is 7. The molecule has 0 aliphatic carbocycles. The number of benzene rings is 2. The number of rotatable bonds is 11. The lowest BCUT2D eigenvalue weighted by molar-refractivity contribution is -0.121. The molecule has 182 valence electrons. The molecular formula is C25H28ClNO5S2. The molecule has 3 rings (SSSR count). The van der Waals surface area contributed by atoms with E-state index in [0.29, 0.717) is 58.7 Å². The largest absolute Gasteiger partial charge is 0.493 e. The van der Waals surface area contributed by atoms with Gasteiger partial charge in [0.25, 0.3) is 5.91 Å². The number of amides is 1. The van der Waals surface area contributed by atoms with Crippen LogP contribution in [0.1, 0.15) is 23.6 Å². The molecule has 2 aromatic rings. The first-order chi connectivity index (χ1) is 16.3. The van der Waals surface area contributed by atoms with Gasteiger partial charge in [0.05, 0.1) is 30.3 Å². The number of halogens is 1. The molecule has 1 saturated heterocycles. The number of thioether (sulfide) groups is 1. The minimum absolute atomic E-state index is 0.105. The van der Waals surface area contributed by atoms with Crippen LogP contribution in [0.3, 0.4) is 0 Å². The van der Waals surface area contributed by atoms with Crippen molar-refractivity contribution in [3.05, 3.63) is 56.9 Å². The van der Waals surface area contributed by atoms with E-state index in [-0.39, 0.29) is 5.91 Å². The number of ether oxygens (including phenoxy) is 4. The first-order valence-electron chi connectivity index (χ1n) is 10.9. The third-order valence-corrected chi connectivity index (χ3v) is 6.85. The van der Waals surface area contributed by atoms with Crippen molar-refractivity contribution in [3.8, 4) is 17.2 Å². The van der Waals surface area contributed by atoms with Gasteiger partial charge in [-0.05, 0) is 67.8 Å². The smallest absolute Gasteiger partial charge is 0.266 e. The molecule has 0 N–H and O–H groups in total. The highest BCUT2D eigenvalue weighted by molar-refractivity contribution is 8.26. The first-order valence-corrected chi connectivity index (χ1v) is 12.5. The number of likely N-dealkylation sites (N-methyl/N-ethyl adjacent to an activating group) is 1. The molecule has 0 unspecified atom stereocenters. The maximum absolute atomic E-state index is 12.5. The Morgan fingerprint density at radius 1 is 1.06 bits per heavy atom. The summed E-state index contributed by atoms with van der Waals surface area (Å²) in [6.07, 6.45) is 1.76. The number of aryl methyl sites for hydroxylation is 2. The molecule has 0 radical (unpaired) electrons. The molecule has 1 aliphatic heterocycles. The summed E-state index contributed by atoms with van der Waals surface area (Å²) in [5.74, 6) is 1.63. The van der Waals surface area contributed by atoms with Gasteiger partial charge in [0.15, 0.2) is 11.5 Å². The van der Waals surface area contributed by atoms with Crippen molar-refractivity contribution in [3.63, 3.8) is 0 Å². The lowest BCUT2D eigenvalue weighted by Crippen LogP contribution is -2.27. The Kier molecular flexibility index (Phi) is 9.64. The van der Waals surface area contributed by atoms with Crippen molar-refractivity contribution in [2.45, 2.75) is 20.8 Å². The summed E-state index contributed by atoms with van der Waals surface area (Å²) in [4.78, 5) is 14.6. The van der Waals surface area contributed by atoms with Crippen LogP contribution in [0.2, 0.25) is 5.02 Å². The lowest BCUT2D eigenvalue weighted by Gasteiger charge is -2.14. The van der Waals surface area contributed by atoms with E-state index in [0.717, 1.165) is 11.3 Å². The van der Waals surface area contributed by atoms with Crippen LogP contribution >= 0.6 is 35.6 Å². The zero-order valence-corrected chi connectivity index (χ0v) is 22.1. The van der Waals surface area contributed by atoms with Crippen LogP contribution in [0.5, 0.6) is 17.2 Å². The van der Waals surface area contributed by atoms with Crippen molar-refractivity contribution in [2.24, 2.45) is 0 Å². The number of carbonyl (C=O) groups excluding carboxylic acids is 1. The van der Waals surface area contributed by atoms with E-state index in [1.165, 1.54) is 22.9 Å². The SMILES string of the molecule is CCN1C(=O)/C(=C/c2cc(Cl)c(OCCOCCOc3ccc(C)c(C)c3)c(OC)c2)SC1=S. The molecule has 0 saturated carbocycles. The Morgan fingerprint density at radius 2 is 1.79 bits per heavy atom. The summed E-state index contributed by atoms with van der Waals surface area (Å²) in [6.45, 7) is 8.12. The van der Waals surface area contributed by atoms with Gasteiger partial charge in [-0.15, -0.1) is 0 Å². The summed E-state index contributed by atoms with van der Waals surface area (Å²) in [5.41, 5.74) is 3.16. The van der Waals surface area contributed by atoms with Crippen LogP contribution in [0.15, 0.2) is 35.2 Å². The molecule has 2 aromatic carbocycles. The number of hydrogen-bond donors (Lipinski definition) is 0. The van der Waals surface area contributed by atoms with Crippen LogP contribution in [0, 0.1) is 13.8 Å². The van der Waals surface area contributed by atoms with Crippen molar-refractivity contribution in [1.29, 1.82) is 0 Å². The molecule has 1 fully saturated rings. The van der Waals surface area contributed by atoms with Gasteiger partial charge in [0.1, 0.15) is 23.3 Å². The number of carbonyl (C=O) groups is 1. The molecule has 1 heterocycles. The van der Waals surface area contributed by atoms with Gasteiger partial charge in [-0.1, -0.05) is 41.6 Å². The normalized spacial score (nSPS) is 14.7. The van der Waals surface area contributed by atoms with Crippen molar-refractivity contribution < 1.29 is 23.7 Å². The summed E-state index contributed by atoms with van der Waals surface area (Å²) in [5, 5.41) is 0.384. The van der Waals surface area contributed by atoms with Crippen LogP contribution in [-0.2, 0) is 9.53 Å². The Labute approximate surface area is 215 Å². The fraction of sp³-hybridized carbons (Fsp3) is 0.360. The van der Waals surface area contributed by atoms with E-state index >= 15 is 0 Å². The van der Waals surface area contributed by atoms with Crippen molar-refractivity contribution >= 4 is 51.9 Å². The Bertz CT molecular complexity index is 1090. The van der Waals surface area contributed by atoms with E-state index in [1.54, 1.807) is 30.2 Å². The van der Waals surface area contributed by atoms with E-state index in [1.807, 2.05) is 25.1 Å². The van der Waals surface area contributed by atoms with Gasteiger partial charge in [0, 0.05) is 6.54 Å². The van der Waals surface area contributed by atoms with E-state index in [4.69, 9.17) is 42.8 Å². The predicted octanol–water partition coefficient (Wildman–Crippen LogP) is 5.66. The van der Waals surface area contributed by atoms with Gasteiger partial charge in [-0.25, -0.2) is 0 Å². The molecule has 1 amide bonds. The molecule has 1 aliphatic rings. The molecule has 9 heteroatoms. The fourth-order valence-electron chi connectivity index (χ4n) is 3.21. The minimum Gasteiger partial charge on any atom is -0.493 e. The van der Waals surface area contributed by atoms with Crippen LogP contribution in [0.25, 0.3) is 6.08 Å². The van der Waals surface area contributed by atoms with E-state index < -0.39 is 0 Å². The van der Waals surface area contributed by atoms with Crippen molar-refractivity contribution in [2.75, 3.05) is 40.1 Å². The maximum Gasteiger partial charge on any atom is 0.266 e. The molecule has 0 aromatic heterocycles. The van der Waals surface area contributed by atoms with Crippen LogP contribution in [0.4, 0.5) is 0 Å². The summed E-state index contributed by atoms with van der Waals surface area (Å²) in [6, 6.07) is 9.52. The lowest BCUT2D eigenvalue weighted by atomic mass is 10.1. The molecule has 34 heavy (non-hydrogen) atoms. The molecule has 0 spiro atoms. The zero-order chi connectivity index (χ0) is 24.7. The molecule has 0 bridgehead atoms. The zero-order valence-electron chi connectivity index (χ0n) is 19.7. The second-order valence-corrected chi connectivity index (χ2v) is 9.60. The Balaban J connectivity index is 1.50. The monoisotopic (exact) mass is 521 g/mol. The number of nitrogens with zero attached hydrogens (tertiary/aromatic N) is 1. The van der Waals surface area contributed by atoms with Crippen LogP contribution in [-0.4, -0.2) is 55.2 Å². The van der Waals surface area contributed by atoms with Gasteiger partial charge in [-0.3, -0.25) is 9.69 Å². The number of thiocarbonyl (C=S) groups is 1. The van der Waals surface area contributed by atoms with Crippen molar-refractivity contribution in [1.82, 2.24) is 4.90 Å². The Morgan fingerprint density at radius 3 is 2.44 bits per heavy atom. The fourth-order valence-corrected chi connectivity index (χ4v) is 4.87. The average molecular weight is 522 g/mol. The standard InChI is InChI=1S/C25H28ClNO5S2/c1-5-27-24(28)22(34-25(27)33)15-18-13-20(26)23(21(14-18)29-4)32-11-9-30-8-10-31-19-7-6-16(2)17(3)12-19/h6-7,12-15H,5,8-11H2,1-4H3/b22-15-. The minimum atomic E-state index is -0.105. The molecule has 6 nitrogen and oxygen atoms in total. The maximum atomic E-state index is 12.5. The van der Waals surface area contributed by atoms with Gasteiger partial charge < -0.3 is 18.9 Å². The van der Waals surface area contributed by atoms with Gasteiger partial charge in [0.2, 0.25) is 0 Å². The highest BCUT2D eigenvalue weighted by Gasteiger charge is 2.30. The third kappa shape index (κ3) is 6.66. The Hall–Kier alpha value is -2.26. The summed E-state index contributed by atoms with van der Waals surface area (Å²) >= 11 is 13.0. The first kappa shape index (κ1) is 26.3. The average Bonchev–Trinajstić information content (AvgIpc) is 3.08.